The summed E-state index contributed by atoms with van der Waals surface area (Å²) in [5.74, 6) is 10.9. The van der Waals surface area contributed by atoms with Crippen LogP contribution in [0.3, 0.4) is 0 Å². The number of nitrogens with two attached hydrogens (primary N) is 3. The molecule has 0 fully saturated rings. The fourth-order valence-electron chi connectivity index (χ4n) is 8.30. The van der Waals surface area contributed by atoms with Gasteiger partial charge in [0, 0.05) is 93.3 Å². The maximum absolute atomic E-state index is 13.2. The van der Waals surface area contributed by atoms with E-state index in [2.05, 4.69) is 43.8 Å². The monoisotopic (exact) mass is 1080 g/mol. The van der Waals surface area contributed by atoms with E-state index in [0.29, 0.717) is 112 Å². The molecule has 1 aromatic heterocycles. The first-order valence-corrected chi connectivity index (χ1v) is 26.7. The fourth-order valence-corrected chi connectivity index (χ4v) is 9.11. The first-order chi connectivity index (χ1) is 35.9. The lowest BCUT2D eigenvalue weighted by Crippen LogP contribution is -2.53. The topological polar surface area (TPSA) is 235 Å². The summed E-state index contributed by atoms with van der Waals surface area (Å²) in [6.07, 6.45) is 4.64. The second-order valence-corrected chi connectivity index (χ2v) is 21.4. The van der Waals surface area contributed by atoms with Gasteiger partial charge in [0.2, 0.25) is 17.7 Å². The average molecular weight is 1080 g/mol. The molecule has 16 nitrogen and oxygen atoms in total. The van der Waals surface area contributed by atoms with E-state index < -0.39 is 28.7 Å². The Bertz CT molecular complexity index is 2560. The van der Waals surface area contributed by atoms with E-state index in [0.717, 1.165) is 46.7 Å². The largest absolute Gasteiger partial charge is 0.416 e. The number of amides is 4. The maximum atomic E-state index is 13.2. The van der Waals surface area contributed by atoms with E-state index in [1.165, 1.54) is 17.1 Å². The molecule has 0 aliphatic heterocycles. The number of benzene rings is 3. The van der Waals surface area contributed by atoms with Crippen LogP contribution in [-0.4, -0.2) is 79.6 Å². The highest BCUT2D eigenvalue weighted by Crippen LogP contribution is 2.35. The van der Waals surface area contributed by atoms with E-state index in [4.69, 9.17) is 22.2 Å². The summed E-state index contributed by atoms with van der Waals surface area (Å²) in [6.45, 7) is 15.7. The van der Waals surface area contributed by atoms with Crippen molar-refractivity contribution >= 4 is 51.9 Å². The van der Waals surface area contributed by atoms with Crippen molar-refractivity contribution in [2.24, 2.45) is 22.8 Å². The van der Waals surface area contributed by atoms with Gasteiger partial charge in [0.1, 0.15) is 6.04 Å². The van der Waals surface area contributed by atoms with Gasteiger partial charge < -0.3 is 47.1 Å². The lowest BCUT2D eigenvalue weighted by Gasteiger charge is -2.30. The number of alkyl halides is 3. The Kier molecular flexibility index (Phi) is 24.3. The molecular formula is C56H80F3N11O5S. The van der Waals surface area contributed by atoms with Crippen molar-refractivity contribution in [2.75, 3.05) is 44.8 Å². The maximum Gasteiger partial charge on any atom is 0.416 e. The number of rotatable bonds is 30. The second-order valence-electron chi connectivity index (χ2n) is 20.5. The second kappa shape index (κ2) is 29.7. The van der Waals surface area contributed by atoms with Gasteiger partial charge in [-0.2, -0.15) is 13.2 Å². The van der Waals surface area contributed by atoms with Gasteiger partial charge in [-0.25, -0.2) is 10.8 Å². The summed E-state index contributed by atoms with van der Waals surface area (Å²) in [5, 5.41) is 13.5. The lowest BCUT2D eigenvalue weighted by atomic mass is 9.86. The Labute approximate surface area is 450 Å². The number of ether oxygens (including phenoxy) is 1. The van der Waals surface area contributed by atoms with Crippen molar-refractivity contribution < 1.29 is 37.1 Å². The number of nitrogens with zero attached hydrogens (tertiary/aromatic N) is 3. The van der Waals surface area contributed by atoms with Crippen LogP contribution in [0.25, 0.3) is 16.0 Å². The summed E-state index contributed by atoms with van der Waals surface area (Å²) in [6, 6.07) is 17.4. The molecule has 1 atom stereocenters. The zero-order chi connectivity index (χ0) is 56.1. The zero-order valence-corrected chi connectivity index (χ0v) is 46.2. The Morgan fingerprint density at radius 3 is 2.08 bits per heavy atom. The number of anilines is 2. The normalized spacial score (nSPS) is 12.7. The summed E-state index contributed by atoms with van der Waals surface area (Å²) < 4.78 is 45.2. The number of hydrogen-bond donors (Lipinski definition) is 8. The molecule has 416 valence electrons. The zero-order valence-electron chi connectivity index (χ0n) is 45.4. The minimum atomic E-state index is -4.44. The Balaban J connectivity index is 1.05. The Morgan fingerprint density at radius 1 is 0.803 bits per heavy atom. The highest BCUT2D eigenvalue weighted by molar-refractivity contribution is 7.13. The van der Waals surface area contributed by atoms with Gasteiger partial charge in [-0.1, -0.05) is 51.5 Å². The first-order valence-electron chi connectivity index (χ1n) is 25.8. The molecule has 4 amide bonds. The summed E-state index contributed by atoms with van der Waals surface area (Å²) in [4.78, 5) is 59.4. The molecule has 20 heteroatoms. The highest BCUT2D eigenvalue weighted by Gasteiger charge is 2.33. The van der Waals surface area contributed by atoms with E-state index in [-0.39, 0.29) is 30.0 Å². The summed E-state index contributed by atoms with van der Waals surface area (Å²) in [7, 11) is 1.73. The van der Waals surface area contributed by atoms with Gasteiger partial charge in [0.25, 0.3) is 5.91 Å². The fraction of sp³-hybridized carbons (Fsp3) is 0.482. The Hall–Kier alpha value is -6.48. The molecule has 3 aromatic carbocycles. The van der Waals surface area contributed by atoms with Crippen LogP contribution in [0.4, 0.5) is 24.5 Å². The summed E-state index contributed by atoms with van der Waals surface area (Å²) in [5.41, 5.74) is 15.5. The number of carbonyl (C=O) groups is 4. The highest BCUT2D eigenvalue weighted by atomic mass is 32.1. The quantitative estimate of drug-likeness (QED) is 0.0139. The van der Waals surface area contributed by atoms with Crippen LogP contribution in [0, 0.1) is 12.3 Å². The minimum Gasteiger partial charge on any atom is -0.401 e. The standard InChI is InChI=1S/C56H80F3N11O5S/c1-38(35-66-61)46-34-41(21-28-47(46)69(8)45-26-24-43(25-27-45)56(57,58)59)52(73)63-30-14-32-75-33-15-31-70(62)36-44(60)16-10-9-11-17-48(71)67-51(54(3,4)5)53(74)64-29-13-12-18-49(72)68-55(6,7)42-22-19-40(20-23-42)50-39(2)65-37-76-50/h19-28,34-37,51,66H,9-18,29-33,60-62H2,1-8H3,(H,63,73)(H,64,74)(H,67,71)(H,68,72)/b38-35+,44-36-. The molecule has 0 spiro atoms. The van der Waals surface area contributed by atoms with E-state index in [1.54, 1.807) is 60.8 Å². The van der Waals surface area contributed by atoms with Gasteiger partial charge in [-0.15, -0.1) is 11.3 Å². The number of nitrogens with one attached hydrogen (secondary N) is 5. The van der Waals surface area contributed by atoms with Crippen LogP contribution in [0.2, 0.25) is 0 Å². The number of allylic oxidation sites excluding steroid dienone is 2. The molecular weight excluding hydrogens is 996 g/mol. The van der Waals surface area contributed by atoms with E-state index in [1.807, 2.05) is 59.2 Å². The predicted molar refractivity (Wildman–Crippen MR) is 297 cm³/mol. The van der Waals surface area contributed by atoms with Crippen molar-refractivity contribution in [2.45, 2.75) is 130 Å². The molecule has 0 aliphatic rings. The average Bonchev–Trinajstić information content (AvgIpc) is 3.80. The van der Waals surface area contributed by atoms with Crippen LogP contribution in [0.5, 0.6) is 0 Å². The van der Waals surface area contributed by atoms with Gasteiger partial charge in [0.15, 0.2) is 0 Å². The van der Waals surface area contributed by atoms with E-state index >= 15 is 0 Å². The number of aromatic nitrogens is 1. The van der Waals surface area contributed by atoms with Crippen LogP contribution in [0.15, 0.2) is 90.3 Å². The van der Waals surface area contributed by atoms with Crippen LogP contribution < -0.4 is 49.0 Å². The molecule has 0 aliphatic carbocycles. The lowest BCUT2D eigenvalue weighted by molar-refractivity contribution is -0.137. The summed E-state index contributed by atoms with van der Waals surface area (Å²) >= 11 is 1.60. The third-order valence-corrected chi connectivity index (χ3v) is 13.7. The molecule has 1 unspecified atom stereocenters. The number of hydrogen-bond acceptors (Lipinski definition) is 13. The Morgan fingerprint density at radius 2 is 1.43 bits per heavy atom. The van der Waals surface area contributed by atoms with Crippen LogP contribution in [0.1, 0.15) is 138 Å². The third-order valence-electron chi connectivity index (χ3n) is 12.7. The van der Waals surface area contributed by atoms with Crippen LogP contribution in [-0.2, 0) is 30.8 Å². The van der Waals surface area contributed by atoms with Crippen molar-refractivity contribution in [3.05, 3.63) is 118 Å². The third kappa shape index (κ3) is 20.2. The number of unbranched alkanes of at least 4 members (excludes halogenated alkanes) is 3. The number of halogens is 3. The number of thiazole rings is 1. The molecule has 4 aromatic rings. The smallest absolute Gasteiger partial charge is 0.401 e. The molecule has 0 saturated carbocycles. The molecule has 0 bridgehead atoms. The number of aryl methyl sites for hydroxylation is 1. The van der Waals surface area contributed by atoms with Gasteiger partial charge >= 0.3 is 6.18 Å². The predicted octanol–water partition coefficient (Wildman–Crippen LogP) is 9.05. The van der Waals surface area contributed by atoms with Crippen molar-refractivity contribution in [3.8, 4) is 10.4 Å². The van der Waals surface area contributed by atoms with Gasteiger partial charge in [-0.05, 0) is 137 Å². The molecule has 76 heavy (non-hydrogen) atoms. The van der Waals surface area contributed by atoms with Crippen molar-refractivity contribution in [1.29, 1.82) is 0 Å². The molecule has 0 radical (unpaired) electrons. The SMILES string of the molecule is C/C(=C\NN)c1cc(C(=O)NCCCOCCCN(N)/C=C(\N)CCCCCC(=O)NC(C(=O)NCCCCC(=O)NC(C)(C)c2ccc(-c3scnc3C)cc2)C(C)(C)C)ccc1N(C)c1ccc(C(F)(F)F)cc1. The number of hydrazine groups is 2. The molecule has 11 N–H and O–H groups in total. The van der Waals surface area contributed by atoms with E-state index in [9.17, 15) is 32.3 Å². The molecule has 0 saturated heterocycles. The molecule has 1 heterocycles. The van der Waals surface area contributed by atoms with Crippen LogP contribution >= 0.6 is 11.3 Å². The van der Waals surface area contributed by atoms with Gasteiger partial charge in [0.05, 0.1) is 27.2 Å². The van der Waals surface area contributed by atoms with Crippen molar-refractivity contribution in [1.82, 2.24) is 36.7 Å². The first kappa shape index (κ1) is 62.1. The van der Waals surface area contributed by atoms with Gasteiger partial charge in [-0.3, -0.25) is 25.0 Å². The number of carbonyl (C=O) groups excluding carboxylic acids is 4. The molecule has 4 rings (SSSR count). The minimum absolute atomic E-state index is 0.0613. The van der Waals surface area contributed by atoms with Crippen molar-refractivity contribution in [3.63, 3.8) is 0 Å².